The first-order chi connectivity index (χ1) is 14.1. The van der Waals surface area contributed by atoms with Gasteiger partial charge in [0, 0.05) is 16.5 Å². The second-order valence-corrected chi connectivity index (χ2v) is 7.85. The quantitative estimate of drug-likeness (QED) is 0.589. The Labute approximate surface area is 173 Å². The fraction of sp³-hybridized carbons (Fsp3) is 0.167. The number of rotatable bonds is 3. The number of anilines is 1. The van der Waals surface area contributed by atoms with Gasteiger partial charge in [-0.2, -0.15) is 0 Å². The lowest BCUT2D eigenvalue weighted by Gasteiger charge is -2.29. The van der Waals surface area contributed by atoms with Crippen LogP contribution in [0.25, 0.3) is 0 Å². The Morgan fingerprint density at radius 3 is 2.38 bits per heavy atom. The van der Waals surface area contributed by atoms with E-state index in [0.29, 0.717) is 17.1 Å². The molecular weight excluding hydrogens is 386 g/mol. The molecule has 3 aromatic carbocycles. The van der Waals surface area contributed by atoms with E-state index in [9.17, 15) is 9.59 Å². The van der Waals surface area contributed by atoms with Crippen LogP contribution in [0.15, 0.2) is 78.9 Å². The van der Waals surface area contributed by atoms with Gasteiger partial charge in [-0.3, -0.25) is 9.59 Å². The van der Waals surface area contributed by atoms with Crippen molar-refractivity contribution in [2.45, 2.75) is 24.5 Å². The molecule has 1 amide bonds. The maximum atomic E-state index is 13.8. The summed E-state index contributed by atoms with van der Waals surface area (Å²) >= 11 is 6.30. The van der Waals surface area contributed by atoms with Gasteiger partial charge in [-0.1, -0.05) is 72.3 Å². The van der Waals surface area contributed by atoms with Crippen LogP contribution >= 0.6 is 11.6 Å². The predicted molar refractivity (Wildman–Crippen MR) is 111 cm³/mol. The number of carbonyl (C=O) groups excluding carboxylic acids is 2. The molecular formula is C24H18ClNO3. The van der Waals surface area contributed by atoms with Crippen molar-refractivity contribution in [3.63, 3.8) is 0 Å². The molecule has 0 bridgehead atoms. The molecule has 5 rings (SSSR count). The van der Waals surface area contributed by atoms with Gasteiger partial charge < -0.3 is 9.64 Å². The molecule has 0 saturated carbocycles. The van der Waals surface area contributed by atoms with Crippen LogP contribution in [0.5, 0.6) is 0 Å². The summed E-state index contributed by atoms with van der Waals surface area (Å²) in [5, 5.41) is 0.507. The zero-order valence-electron chi connectivity index (χ0n) is 15.5. The highest BCUT2D eigenvalue weighted by molar-refractivity contribution is 6.31. The summed E-state index contributed by atoms with van der Waals surface area (Å²) in [6, 6.07) is 24.7. The summed E-state index contributed by atoms with van der Waals surface area (Å²) in [5.74, 6) is -1.00. The third-order valence-electron chi connectivity index (χ3n) is 5.73. The molecule has 0 aliphatic carbocycles. The second-order valence-electron chi connectivity index (χ2n) is 7.42. The summed E-state index contributed by atoms with van der Waals surface area (Å²) in [6.45, 7) is 0.398. The average molecular weight is 404 g/mol. The summed E-state index contributed by atoms with van der Waals surface area (Å²) in [4.78, 5) is 28.0. The first-order valence-electron chi connectivity index (χ1n) is 9.52. The lowest BCUT2D eigenvalue weighted by molar-refractivity contribution is -0.158. The van der Waals surface area contributed by atoms with Crippen LogP contribution in [0, 0.1) is 0 Å². The minimum atomic E-state index is -1.38. The van der Waals surface area contributed by atoms with E-state index < -0.39 is 11.5 Å². The van der Waals surface area contributed by atoms with Gasteiger partial charge in [0.25, 0.3) is 5.91 Å². The number of hydrogen-bond donors (Lipinski definition) is 0. The number of halogens is 1. The van der Waals surface area contributed by atoms with Crippen molar-refractivity contribution in [3.8, 4) is 0 Å². The fourth-order valence-electron chi connectivity index (χ4n) is 4.47. The number of hydrogen-bond acceptors (Lipinski definition) is 3. The molecule has 1 fully saturated rings. The van der Waals surface area contributed by atoms with E-state index in [2.05, 4.69) is 0 Å². The molecule has 0 N–H and O–H groups in total. The van der Waals surface area contributed by atoms with E-state index in [0.717, 1.165) is 16.8 Å². The van der Waals surface area contributed by atoms with Crippen molar-refractivity contribution in [2.75, 3.05) is 4.90 Å². The number of esters is 1. The van der Waals surface area contributed by atoms with E-state index in [1.54, 1.807) is 17.0 Å². The average Bonchev–Trinajstić information content (AvgIpc) is 3.20. The fourth-order valence-corrected chi connectivity index (χ4v) is 4.64. The molecule has 0 aromatic heterocycles. The topological polar surface area (TPSA) is 46.6 Å². The van der Waals surface area contributed by atoms with Crippen LogP contribution in [0.3, 0.4) is 0 Å². The first kappa shape index (κ1) is 18.0. The Morgan fingerprint density at radius 1 is 0.966 bits per heavy atom. The minimum absolute atomic E-state index is 0.154. The van der Waals surface area contributed by atoms with Crippen LogP contribution in [0.2, 0.25) is 5.02 Å². The van der Waals surface area contributed by atoms with Gasteiger partial charge >= 0.3 is 5.97 Å². The number of carbonyl (C=O) groups is 2. The highest BCUT2D eigenvalue weighted by atomic mass is 35.5. The molecule has 0 unspecified atom stereocenters. The van der Waals surface area contributed by atoms with Crippen molar-refractivity contribution in [1.82, 2.24) is 0 Å². The van der Waals surface area contributed by atoms with Crippen molar-refractivity contribution < 1.29 is 14.3 Å². The molecule has 2 aliphatic heterocycles. The third kappa shape index (κ3) is 2.75. The normalized spacial score (nSPS) is 22.8. The van der Waals surface area contributed by atoms with Gasteiger partial charge in [-0.25, -0.2) is 0 Å². The summed E-state index contributed by atoms with van der Waals surface area (Å²) in [7, 11) is 0. The van der Waals surface area contributed by atoms with Gasteiger partial charge in [-0.15, -0.1) is 0 Å². The van der Waals surface area contributed by atoms with Crippen molar-refractivity contribution in [3.05, 3.63) is 101 Å². The number of ether oxygens (including phenoxy) is 1. The molecule has 2 heterocycles. The molecule has 29 heavy (non-hydrogen) atoms. The summed E-state index contributed by atoms with van der Waals surface area (Å²) < 4.78 is 5.85. The van der Waals surface area contributed by atoms with Gasteiger partial charge in [0.15, 0.2) is 0 Å². The van der Waals surface area contributed by atoms with Crippen molar-refractivity contribution in [2.24, 2.45) is 0 Å². The minimum Gasteiger partial charge on any atom is -0.443 e. The Bertz CT molecular complexity index is 1100. The van der Waals surface area contributed by atoms with Crippen LogP contribution < -0.4 is 4.90 Å². The number of nitrogens with zero attached hydrogens (tertiary/aromatic N) is 1. The lowest BCUT2D eigenvalue weighted by Crippen LogP contribution is -2.43. The van der Waals surface area contributed by atoms with E-state index in [-0.39, 0.29) is 18.3 Å². The SMILES string of the molecule is O=C1C[C@@H](c2ccccc2)[C@@]2(O1)C(=O)N(Cc1ccccc1)c1ccc(Cl)cc12. The summed E-state index contributed by atoms with van der Waals surface area (Å²) in [6.07, 6.45) is 0.154. The lowest BCUT2D eigenvalue weighted by atomic mass is 9.78. The third-order valence-corrected chi connectivity index (χ3v) is 5.97. The molecule has 1 saturated heterocycles. The maximum Gasteiger partial charge on any atom is 0.308 e. The number of benzene rings is 3. The van der Waals surface area contributed by atoms with E-state index in [4.69, 9.17) is 16.3 Å². The zero-order chi connectivity index (χ0) is 20.0. The molecule has 2 aliphatic rings. The molecule has 4 nitrogen and oxygen atoms in total. The Hall–Kier alpha value is -3.11. The molecule has 1 spiro atoms. The van der Waals surface area contributed by atoms with Crippen LogP contribution in [0.1, 0.15) is 29.0 Å². The van der Waals surface area contributed by atoms with Gasteiger partial charge in [0.1, 0.15) is 0 Å². The van der Waals surface area contributed by atoms with Crippen molar-refractivity contribution >= 4 is 29.2 Å². The monoisotopic (exact) mass is 403 g/mol. The standard InChI is InChI=1S/C24H18ClNO3/c25-18-11-12-21-20(13-18)24(23(28)26(21)15-16-7-3-1-4-8-16)19(14-22(27)29-24)17-9-5-2-6-10-17/h1-13,19H,14-15H2/t19-,24-/m0/s1. The Kier molecular flexibility index (Phi) is 4.18. The van der Waals surface area contributed by atoms with E-state index >= 15 is 0 Å². The van der Waals surface area contributed by atoms with E-state index in [1.807, 2.05) is 66.7 Å². The maximum absolute atomic E-state index is 13.8. The first-order valence-corrected chi connectivity index (χ1v) is 9.90. The smallest absolute Gasteiger partial charge is 0.308 e. The van der Waals surface area contributed by atoms with Crippen molar-refractivity contribution in [1.29, 1.82) is 0 Å². The zero-order valence-corrected chi connectivity index (χ0v) is 16.3. The van der Waals surface area contributed by atoms with E-state index in [1.165, 1.54) is 0 Å². The highest BCUT2D eigenvalue weighted by Crippen LogP contribution is 2.56. The Morgan fingerprint density at radius 2 is 1.66 bits per heavy atom. The second kappa shape index (κ2) is 6.75. The predicted octanol–water partition coefficient (Wildman–Crippen LogP) is 4.81. The molecule has 0 radical (unpaired) electrons. The number of amides is 1. The van der Waals surface area contributed by atoms with Crippen LogP contribution in [-0.4, -0.2) is 11.9 Å². The molecule has 144 valence electrons. The largest absolute Gasteiger partial charge is 0.443 e. The molecule has 3 aromatic rings. The van der Waals surface area contributed by atoms with Gasteiger partial charge in [0.05, 0.1) is 18.7 Å². The summed E-state index contributed by atoms with van der Waals surface area (Å²) in [5.41, 5.74) is 1.91. The van der Waals surface area contributed by atoms with Crippen LogP contribution in [0.4, 0.5) is 5.69 Å². The van der Waals surface area contributed by atoms with Crippen LogP contribution in [-0.2, 0) is 26.5 Å². The Balaban J connectivity index is 1.68. The highest BCUT2D eigenvalue weighted by Gasteiger charge is 2.63. The molecule has 5 heteroatoms. The number of fused-ring (bicyclic) bond motifs is 2. The molecule has 2 atom stereocenters. The van der Waals surface area contributed by atoms with Gasteiger partial charge in [-0.05, 0) is 29.3 Å². The van der Waals surface area contributed by atoms with Gasteiger partial charge in [0.2, 0.25) is 5.60 Å².